The summed E-state index contributed by atoms with van der Waals surface area (Å²) in [6, 6.07) is 0. The average Bonchev–Trinajstić information content (AvgIpc) is 3.36. The molecule has 0 saturated heterocycles. The molecule has 0 aliphatic heterocycles. The van der Waals surface area contributed by atoms with Crippen LogP contribution in [0.25, 0.3) is 0 Å². The molecule has 0 amide bonds. The van der Waals surface area contributed by atoms with E-state index in [0.29, 0.717) is 12.8 Å². The number of ether oxygens (including phenoxy) is 3. The van der Waals surface area contributed by atoms with Gasteiger partial charge in [0.1, 0.15) is 13.2 Å². The summed E-state index contributed by atoms with van der Waals surface area (Å²) in [7, 11) is 0. The molecule has 0 aromatic heterocycles. The second-order valence-electron chi connectivity index (χ2n) is 17.3. The van der Waals surface area contributed by atoms with Crippen molar-refractivity contribution in [3.8, 4) is 0 Å². The van der Waals surface area contributed by atoms with Crippen LogP contribution in [0.15, 0.2) is 170 Å². The van der Waals surface area contributed by atoms with E-state index in [1.165, 1.54) is 12.8 Å². The van der Waals surface area contributed by atoms with Crippen molar-refractivity contribution in [2.24, 2.45) is 0 Å². The molecular weight excluding hydrogens is 865 g/mol. The molecule has 0 radical (unpaired) electrons. The Morgan fingerprint density at radius 2 is 0.614 bits per heavy atom. The van der Waals surface area contributed by atoms with Crippen molar-refractivity contribution in [3.05, 3.63) is 170 Å². The summed E-state index contributed by atoms with van der Waals surface area (Å²) in [5.74, 6) is -1.01. The van der Waals surface area contributed by atoms with Gasteiger partial charge >= 0.3 is 17.9 Å². The number of esters is 3. The van der Waals surface area contributed by atoms with Crippen LogP contribution in [0.1, 0.15) is 194 Å². The molecule has 0 spiro atoms. The van der Waals surface area contributed by atoms with Crippen molar-refractivity contribution in [2.45, 2.75) is 200 Å². The second kappa shape index (κ2) is 56.4. The van der Waals surface area contributed by atoms with Gasteiger partial charge in [-0.2, -0.15) is 0 Å². The number of hydrogen-bond acceptors (Lipinski definition) is 6. The summed E-state index contributed by atoms with van der Waals surface area (Å²) in [5.41, 5.74) is 0. The molecule has 0 aromatic rings. The molecule has 0 aromatic carbocycles. The Morgan fingerprint density at radius 1 is 0.314 bits per heavy atom. The predicted octanol–water partition coefficient (Wildman–Crippen LogP) is 18.4. The molecule has 0 aliphatic carbocycles. The van der Waals surface area contributed by atoms with Gasteiger partial charge in [-0.05, 0) is 96.3 Å². The van der Waals surface area contributed by atoms with Crippen LogP contribution in [0.5, 0.6) is 0 Å². The Hall–Kier alpha value is -5.23. The predicted molar refractivity (Wildman–Crippen MR) is 301 cm³/mol. The third-order valence-electron chi connectivity index (χ3n) is 10.6. The summed E-state index contributed by atoms with van der Waals surface area (Å²) in [5, 5.41) is 0. The lowest BCUT2D eigenvalue weighted by Crippen LogP contribution is -2.30. The van der Waals surface area contributed by atoms with Gasteiger partial charge in [0.2, 0.25) is 0 Å². The van der Waals surface area contributed by atoms with E-state index in [1.807, 2.05) is 72.9 Å². The largest absolute Gasteiger partial charge is 0.462 e. The molecule has 1 unspecified atom stereocenters. The molecule has 0 aliphatic rings. The van der Waals surface area contributed by atoms with Crippen LogP contribution in [0, 0.1) is 0 Å². The van der Waals surface area contributed by atoms with Gasteiger partial charge in [0.25, 0.3) is 0 Å². The van der Waals surface area contributed by atoms with E-state index in [4.69, 9.17) is 14.2 Å². The lowest BCUT2D eigenvalue weighted by Gasteiger charge is -2.18. The molecule has 0 fully saturated rings. The van der Waals surface area contributed by atoms with Gasteiger partial charge in [-0.15, -0.1) is 0 Å². The molecule has 1 atom stereocenters. The van der Waals surface area contributed by atoms with Crippen LogP contribution in [-0.2, 0) is 28.6 Å². The van der Waals surface area contributed by atoms with Gasteiger partial charge in [0, 0.05) is 19.3 Å². The number of rotatable bonds is 46. The maximum absolute atomic E-state index is 12.8. The second-order valence-corrected chi connectivity index (χ2v) is 17.3. The summed E-state index contributed by atoms with van der Waals surface area (Å²) in [6.07, 6.45) is 83.2. The van der Waals surface area contributed by atoms with Crippen molar-refractivity contribution in [1.29, 1.82) is 0 Å². The molecule has 6 heteroatoms. The molecule has 388 valence electrons. The number of carbonyl (C=O) groups excluding carboxylic acids is 3. The van der Waals surface area contributed by atoms with E-state index in [0.717, 1.165) is 141 Å². The van der Waals surface area contributed by atoms with Crippen LogP contribution in [0.2, 0.25) is 0 Å². The Labute approximate surface area is 428 Å². The number of carbonyl (C=O) groups is 3. The zero-order valence-corrected chi connectivity index (χ0v) is 44.2. The SMILES string of the molecule is CC/C=C\C/C=C\C/C=C\C/C=C\CCCCCC(=O)OCC(COC(=O)CCCCCCC\C=C/C=C\C=C/C=C\C=C/CCC)OC(=O)CCCCCCC\C=C/C=C\C=C/C=C\C=C/CCC. The fourth-order valence-corrected chi connectivity index (χ4v) is 6.61. The van der Waals surface area contributed by atoms with Crippen molar-refractivity contribution in [1.82, 2.24) is 0 Å². The first-order valence-electron chi connectivity index (χ1n) is 27.3. The first-order chi connectivity index (χ1) is 34.5. The molecule has 0 bridgehead atoms. The van der Waals surface area contributed by atoms with E-state index in [9.17, 15) is 14.4 Å². The fraction of sp³-hybridized carbons (Fsp3) is 0.516. The smallest absolute Gasteiger partial charge is 0.306 e. The quantitative estimate of drug-likeness (QED) is 0.0199. The molecule has 0 N–H and O–H groups in total. The monoisotopic (exact) mass is 961 g/mol. The third kappa shape index (κ3) is 53.7. The molecule has 0 saturated carbocycles. The van der Waals surface area contributed by atoms with Gasteiger partial charge < -0.3 is 14.2 Å². The minimum absolute atomic E-state index is 0.122. The summed E-state index contributed by atoms with van der Waals surface area (Å²) in [6.45, 7) is 6.25. The lowest BCUT2D eigenvalue weighted by molar-refractivity contribution is -0.167. The Morgan fingerprint density at radius 3 is 1.01 bits per heavy atom. The van der Waals surface area contributed by atoms with Crippen LogP contribution in [0.4, 0.5) is 0 Å². The molecule has 0 heterocycles. The molecule has 70 heavy (non-hydrogen) atoms. The van der Waals surface area contributed by atoms with Gasteiger partial charge in [0.15, 0.2) is 6.10 Å². The Balaban J connectivity index is 4.61. The van der Waals surface area contributed by atoms with E-state index in [1.54, 1.807) is 0 Å². The maximum Gasteiger partial charge on any atom is 0.306 e. The van der Waals surface area contributed by atoms with Crippen molar-refractivity contribution in [3.63, 3.8) is 0 Å². The standard InChI is InChI=1S/C64H96O6/c1-4-7-10-13-16-19-22-25-28-31-33-36-39-42-45-48-51-54-57-63(66)69-60-61(59-68-62(65)56-53-50-47-44-41-38-35-30-27-24-21-18-15-12-9-6-3)70-64(67)58-55-52-49-46-43-40-37-34-32-29-26-23-20-17-14-11-8-5-2/h9-14,16-23,25-34,36-38,41,61H,4-8,15,24,35,39-40,42-60H2,1-3H3/b12-9-,13-10-,14-11-,19-16-,20-17-,21-18-,25-22-,26-23-,30-27-,31-28-,32-29-,36-33-,37-34-,41-38-. The maximum atomic E-state index is 12.8. The highest BCUT2D eigenvalue weighted by molar-refractivity contribution is 5.71. The highest BCUT2D eigenvalue weighted by atomic mass is 16.6. The lowest BCUT2D eigenvalue weighted by atomic mass is 10.1. The summed E-state index contributed by atoms with van der Waals surface area (Å²) < 4.78 is 16.8. The van der Waals surface area contributed by atoms with Crippen molar-refractivity contribution >= 4 is 17.9 Å². The first-order valence-corrected chi connectivity index (χ1v) is 27.3. The van der Waals surface area contributed by atoms with Gasteiger partial charge in [-0.1, -0.05) is 249 Å². The van der Waals surface area contributed by atoms with Crippen LogP contribution in [-0.4, -0.2) is 37.2 Å². The molecular formula is C64H96O6. The Bertz CT molecular complexity index is 1670. The van der Waals surface area contributed by atoms with E-state index < -0.39 is 6.10 Å². The fourth-order valence-electron chi connectivity index (χ4n) is 6.61. The third-order valence-corrected chi connectivity index (χ3v) is 10.6. The Kier molecular flexibility index (Phi) is 52.1. The van der Waals surface area contributed by atoms with E-state index >= 15 is 0 Å². The van der Waals surface area contributed by atoms with Crippen LogP contribution >= 0.6 is 0 Å². The average molecular weight is 961 g/mol. The van der Waals surface area contributed by atoms with Gasteiger partial charge in [0.05, 0.1) is 0 Å². The van der Waals surface area contributed by atoms with E-state index in [-0.39, 0.29) is 37.5 Å². The number of unbranched alkanes of at least 4 members (excludes halogenated alkanes) is 15. The van der Waals surface area contributed by atoms with Crippen LogP contribution in [0.3, 0.4) is 0 Å². The zero-order chi connectivity index (χ0) is 50.7. The van der Waals surface area contributed by atoms with E-state index in [2.05, 4.69) is 118 Å². The topological polar surface area (TPSA) is 78.9 Å². The number of hydrogen-bond donors (Lipinski definition) is 0. The minimum atomic E-state index is -0.826. The van der Waals surface area contributed by atoms with Crippen molar-refractivity contribution in [2.75, 3.05) is 13.2 Å². The van der Waals surface area contributed by atoms with Crippen molar-refractivity contribution < 1.29 is 28.6 Å². The zero-order valence-electron chi connectivity index (χ0n) is 44.2. The molecule has 0 rings (SSSR count). The minimum Gasteiger partial charge on any atom is -0.462 e. The first kappa shape index (κ1) is 64.8. The van der Waals surface area contributed by atoms with Gasteiger partial charge in [-0.25, -0.2) is 0 Å². The highest BCUT2D eigenvalue weighted by Crippen LogP contribution is 2.12. The number of allylic oxidation sites excluding steroid dienone is 28. The van der Waals surface area contributed by atoms with Crippen LogP contribution < -0.4 is 0 Å². The van der Waals surface area contributed by atoms with Gasteiger partial charge in [-0.3, -0.25) is 14.4 Å². The molecule has 6 nitrogen and oxygen atoms in total. The summed E-state index contributed by atoms with van der Waals surface area (Å²) >= 11 is 0. The normalized spacial score (nSPS) is 13.5. The summed E-state index contributed by atoms with van der Waals surface area (Å²) in [4.78, 5) is 38.1. The highest BCUT2D eigenvalue weighted by Gasteiger charge is 2.19.